The Bertz CT molecular complexity index is 668. The van der Waals surface area contributed by atoms with Gasteiger partial charge in [-0.2, -0.15) is 0 Å². The molecule has 1 heterocycles. The molecule has 0 aliphatic heterocycles. The van der Waals surface area contributed by atoms with Gasteiger partial charge in [0.25, 0.3) is 0 Å². The van der Waals surface area contributed by atoms with Crippen molar-refractivity contribution < 1.29 is 19.1 Å². The number of fused-ring (bicyclic) bond motifs is 1. The second-order valence-electron chi connectivity index (χ2n) is 5.72. The normalized spacial score (nSPS) is 13.3. The number of likely N-dealkylation sites (N-methyl/N-ethyl adjacent to an activating group) is 1. The molecule has 0 saturated heterocycles. The van der Waals surface area contributed by atoms with Crippen molar-refractivity contribution in [2.24, 2.45) is 0 Å². The highest BCUT2D eigenvalue weighted by molar-refractivity contribution is 5.85. The number of furan rings is 1. The summed E-state index contributed by atoms with van der Waals surface area (Å²) < 4.78 is 5.74. The first kappa shape index (κ1) is 20.0. The molecule has 0 spiro atoms. The predicted octanol–water partition coefficient (Wildman–Crippen LogP) is 2.83. The zero-order valence-corrected chi connectivity index (χ0v) is 14.8. The third-order valence-electron chi connectivity index (χ3n) is 3.95. The molecule has 0 fully saturated rings. The number of carboxylic acids is 1. The predicted molar refractivity (Wildman–Crippen MR) is 94.4 cm³/mol. The Morgan fingerprint density at radius 1 is 1.29 bits per heavy atom. The second-order valence-corrected chi connectivity index (χ2v) is 5.72. The van der Waals surface area contributed by atoms with E-state index in [2.05, 4.69) is 5.32 Å². The van der Waals surface area contributed by atoms with Crippen molar-refractivity contribution in [2.45, 2.75) is 32.4 Å². The maximum atomic E-state index is 12.3. The minimum atomic E-state index is -0.875. The average Bonchev–Trinajstić information content (AvgIpc) is 2.95. The number of nitrogens with zero attached hydrogens (tertiary/aromatic N) is 1. The topological polar surface area (TPSA) is 82.8 Å². The molecule has 0 radical (unpaired) electrons. The number of carboxylic acid groups (broad SMARTS) is 1. The molecular formula is C17H23ClN2O4. The van der Waals surface area contributed by atoms with E-state index in [-0.39, 0.29) is 30.8 Å². The van der Waals surface area contributed by atoms with Gasteiger partial charge in [0.05, 0.1) is 18.5 Å². The smallest absolute Gasteiger partial charge is 0.304 e. The van der Waals surface area contributed by atoms with Crippen LogP contribution < -0.4 is 5.32 Å². The van der Waals surface area contributed by atoms with Gasteiger partial charge >= 0.3 is 5.97 Å². The van der Waals surface area contributed by atoms with Crippen LogP contribution in [0.4, 0.5) is 0 Å². The van der Waals surface area contributed by atoms with Crippen LogP contribution in [0.2, 0.25) is 0 Å². The summed E-state index contributed by atoms with van der Waals surface area (Å²) in [4.78, 5) is 24.6. The van der Waals surface area contributed by atoms with E-state index in [1.807, 2.05) is 37.3 Å². The highest BCUT2D eigenvalue weighted by Crippen LogP contribution is 2.23. The summed E-state index contributed by atoms with van der Waals surface area (Å²) in [6.07, 6.45) is 0.00719. The number of rotatable bonds is 7. The van der Waals surface area contributed by atoms with Crippen molar-refractivity contribution >= 4 is 35.3 Å². The van der Waals surface area contributed by atoms with Crippen LogP contribution in [0.5, 0.6) is 0 Å². The van der Waals surface area contributed by atoms with Crippen LogP contribution in [0.25, 0.3) is 11.0 Å². The molecule has 2 atom stereocenters. The van der Waals surface area contributed by atoms with Crippen LogP contribution in [0, 0.1) is 0 Å². The van der Waals surface area contributed by atoms with E-state index in [9.17, 15) is 9.59 Å². The van der Waals surface area contributed by atoms with Crippen molar-refractivity contribution in [1.82, 2.24) is 10.2 Å². The molecule has 1 aromatic heterocycles. The fourth-order valence-corrected chi connectivity index (χ4v) is 2.29. The highest BCUT2D eigenvalue weighted by atomic mass is 35.5. The van der Waals surface area contributed by atoms with Gasteiger partial charge in [0.15, 0.2) is 0 Å². The zero-order valence-electron chi connectivity index (χ0n) is 14.0. The molecule has 0 bridgehead atoms. The van der Waals surface area contributed by atoms with Crippen molar-refractivity contribution in [2.75, 3.05) is 13.6 Å². The van der Waals surface area contributed by atoms with E-state index in [1.54, 1.807) is 18.9 Å². The van der Waals surface area contributed by atoms with Gasteiger partial charge < -0.3 is 14.8 Å². The van der Waals surface area contributed by atoms with E-state index < -0.39 is 12.0 Å². The lowest BCUT2D eigenvalue weighted by Crippen LogP contribution is -2.44. The van der Waals surface area contributed by atoms with E-state index >= 15 is 0 Å². The molecule has 2 aromatic rings. The van der Waals surface area contributed by atoms with Crippen molar-refractivity contribution in [3.05, 3.63) is 36.1 Å². The SMILES string of the molecule is CC(NC(=O)C(C)N(C)CCC(=O)O)c1cc2ccccc2o1.Cl. The minimum absolute atomic E-state index is 0. The van der Waals surface area contributed by atoms with E-state index in [0.29, 0.717) is 12.3 Å². The first-order valence-electron chi connectivity index (χ1n) is 7.59. The van der Waals surface area contributed by atoms with Crippen LogP contribution in [0.1, 0.15) is 32.1 Å². The van der Waals surface area contributed by atoms with Crippen molar-refractivity contribution in [3.8, 4) is 0 Å². The highest BCUT2D eigenvalue weighted by Gasteiger charge is 2.21. The Labute approximate surface area is 147 Å². The third kappa shape index (κ3) is 4.97. The number of hydrogen-bond donors (Lipinski definition) is 2. The summed E-state index contributed by atoms with van der Waals surface area (Å²) in [6, 6.07) is 8.92. The maximum absolute atomic E-state index is 12.3. The largest absolute Gasteiger partial charge is 0.481 e. The van der Waals surface area contributed by atoms with Gasteiger partial charge in [0, 0.05) is 11.9 Å². The quantitative estimate of drug-likeness (QED) is 0.798. The van der Waals surface area contributed by atoms with Gasteiger partial charge in [0.2, 0.25) is 5.91 Å². The summed E-state index contributed by atoms with van der Waals surface area (Å²) in [6.45, 7) is 3.94. The van der Waals surface area contributed by atoms with E-state index in [1.165, 1.54) is 0 Å². The van der Waals surface area contributed by atoms with Gasteiger partial charge in [-0.15, -0.1) is 12.4 Å². The molecule has 132 valence electrons. The number of carbonyl (C=O) groups excluding carboxylic acids is 1. The number of halogens is 1. The molecule has 2 unspecified atom stereocenters. The van der Waals surface area contributed by atoms with Crippen molar-refractivity contribution in [3.63, 3.8) is 0 Å². The average molecular weight is 355 g/mol. The molecule has 24 heavy (non-hydrogen) atoms. The lowest BCUT2D eigenvalue weighted by Gasteiger charge is -2.24. The molecule has 2 rings (SSSR count). The third-order valence-corrected chi connectivity index (χ3v) is 3.95. The van der Waals surface area contributed by atoms with Crippen LogP contribution in [0.3, 0.4) is 0 Å². The molecule has 1 aromatic carbocycles. The van der Waals surface area contributed by atoms with Crippen LogP contribution in [-0.4, -0.2) is 41.5 Å². The number of aliphatic carboxylic acids is 1. The number of hydrogen-bond acceptors (Lipinski definition) is 4. The number of amides is 1. The van der Waals surface area contributed by atoms with E-state index in [4.69, 9.17) is 9.52 Å². The van der Waals surface area contributed by atoms with Crippen LogP contribution >= 0.6 is 12.4 Å². The summed E-state index contributed by atoms with van der Waals surface area (Å²) in [7, 11) is 1.74. The number of carbonyl (C=O) groups is 2. The monoisotopic (exact) mass is 354 g/mol. The summed E-state index contributed by atoms with van der Waals surface area (Å²) in [5, 5.41) is 12.6. The number of benzene rings is 1. The fraction of sp³-hybridized carbons (Fsp3) is 0.412. The van der Waals surface area contributed by atoms with Crippen LogP contribution in [0.15, 0.2) is 34.7 Å². The zero-order chi connectivity index (χ0) is 17.0. The van der Waals surface area contributed by atoms with Crippen LogP contribution in [-0.2, 0) is 9.59 Å². The minimum Gasteiger partial charge on any atom is -0.481 e. The lowest BCUT2D eigenvalue weighted by molar-refractivity contribution is -0.138. The Morgan fingerprint density at radius 3 is 2.58 bits per heavy atom. The Morgan fingerprint density at radius 2 is 1.96 bits per heavy atom. The van der Waals surface area contributed by atoms with Crippen molar-refractivity contribution in [1.29, 1.82) is 0 Å². The Hall–Kier alpha value is -2.05. The number of nitrogens with one attached hydrogen (secondary N) is 1. The van der Waals surface area contributed by atoms with Gasteiger partial charge in [-0.1, -0.05) is 18.2 Å². The Kier molecular flexibility index (Phi) is 7.25. The molecule has 0 saturated carbocycles. The summed E-state index contributed by atoms with van der Waals surface area (Å²) >= 11 is 0. The van der Waals surface area contributed by atoms with Gasteiger partial charge in [0.1, 0.15) is 11.3 Å². The standard InChI is InChI=1S/C17H22N2O4.ClH/c1-11(15-10-13-6-4-5-7-14(13)23-15)18-17(22)12(2)19(3)9-8-16(20)21;/h4-7,10-12H,8-9H2,1-3H3,(H,18,22)(H,20,21);1H. The molecular weight excluding hydrogens is 332 g/mol. The molecule has 1 amide bonds. The molecule has 6 nitrogen and oxygen atoms in total. The van der Waals surface area contributed by atoms with Gasteiger partial charge in [-0.25, -0.2) is 0 Å². The first-order valence-corrected chi connectivity index (χ1v) is 7.59. The first-order chi connectivity index (χ1) is 10.9. The lowest BCUT2D eigenvalue weighted by atomic mass is 10.2. The molecule has 7 heteroatoms. The fourth-order valence-electron chi connectivity index (χ4n) is 2.29. The summed E-state index contributed by atoms with van der Waals surface area (Å²) in [5.74, 6) is -0.342. The second kappa shape index (κ2) is 8.70. The summed E-state index contributed by atoms with van der Waals surface area (Å²) in [5.41, 5.74) is 0.787. The van der Waals surface area contributed by atoms with Gasteiger partial charge in [-0.3, -0.25) is 14.5 Å². The molecule has 0 aliphatic carbocycles. The number of para-hydroxylation sites is 1. The molecule has 2 N–H and O–H groups in total. The molecule has 0 aliphatic rings. The van der Waals surface area contributed by atoms with Gasteiger partial charge in [-0.05, 0) is 33.0 Å². The maximum Gasteiger partial charge on any atom is 0.304 e. The van der Waals surface area contributed by atoms with E-state index in [0.717, 1.165) is 11.0 Å². The Balaban J connectivity index is 0.00000288.